The van der Waals surface area contributed by atoms with Crippen molar-refractivity contribution in [2.24, 2.45) is 0 Å². The number of hydrogen-bond donors (Lipinski definition) is 1. The van der Waals surface area contributed by atoms with Crippen LogP contribution in [-0.2, 0) is 20.0 Å². The highest BCUT2D eigenvalue weighted by molar-refractivity contribution is 8.34. The van der Waals surface area contributed by atoms with Gasteiger partial charge in [-0.25, -0.2) is 4.21 Å². The fourth-order valence-electron chi connectivity index (χ4n) is 1.21. The van der Waals surface area contributed by atoms with E-state index in [0.29, 0.717) is 4.91 Å². The van der Waals surface area contributed by atoms with Gasteiger partial charge < -0.3 is 4.55 Å². The summed E-state index contributed by atoms with van der Waals surface area (Å²) in [6.45, 7) is 3.48. The molecule has 4 heteroatoms. The van der Waals surface area contributed by atoms with Crippen LogP contribution < -0.4 is 10.4 Å². The Hall–Kier alpha value is -0.710. The van der Waals surface area contributed by atoms with E-state index < -0.39 is 8.77 Å². The standard InChI is InChI=1S/C10H12O2S2/c1-3-9-6-4-5-7-10(9)8(2)14(11,12)13/h3-7H,1-2H3,(H,11,12,13)/b9-3-,10-8+. The summed E-state index contributed by atoms with van der Waals surface area (Å²) >= 11 is 4.53. The van der Waals surface area contributed by atoms with Gasteiger partial charge in [-0.2, -0.15) is 0 Å². The maximum atomic E-state index is 11.3. The molecule has 1 atom stereocenters. The molecule has 0 aliphatic rings. The van der Waals surface area contributed by atoms with Crippen molar-refractivity contribution in [3.8, 4) is 0 Å². The van der Waals surface area contributed by atoms with Gasteiger partial charge in [-0.05, 0) is 24.3 Å². The first-order valence-electron chi connectivity index (χ1n) is 4.16. The van der Waals surface area contributed by atoms with Crippen LogP contribution in [0.5, 0.6) is 0 Å². The van der Waals surface area contributed by atoms with Crippen molar-refractivity contribution in [1.29, 1.82) is 0 Å². The number of benzene rings is 1. The summed E-state index contributed by atoms with van der Waals surface area (Å²) in [4.78, 5) is 0.348. The number of rotatable bonds is 1. The Balaban J connectivity index is 3.79. The molecule has 0 aliphatic heterocycles. The normalized spacial score (nSPS) is 18.9. The van der Waals surface area contributed by atoms with Crippen LogP contribution in [0.25, 0.3) is 11.0 Å². The molecule has 0 radical (unpaired) electrons. The summed E-state index contributed by atoms with van der Waals surface area (Å²) in [7, 11) is -3.26. The van der Waals surface area contributed by atoms with Crippen molar-refractivity contribution in [3.63, 3.8) is 0 Å². The zero-order valence-corrected chi connectivity index (χ0v) is 9.69. The first kappa shape index (κ1) is 11.4. The molecule has 0 amide bonds. The van der Waals surface area contributed by atoms with Crippen LogP contribution in [0.2, 0.25) is 0 Å². The van der Waals surface area contributed by atoms with Crippen molar-refractivity contribution in [2.75, 3.05) is 0 Å². The molecule has 0 heterocycles. The topological polar surface area (TPSA) is 37.3 Å². The summed E-state index contributed by atoms with van der Waals surface area (Å²) in [5.41, 5.74) is 0. The third-order valence-electron chi connectivity index (χ3n) is 2.04. The minimum Gasteiger partial charge on any atom is -0.302 e. The summed E-state index contributed by atoms with van der Waals surface area (Å²) < 4.78 is 20.5. The third kappa shape index (κ3) is 2.41. The molecule has 2 nitrogen and oxygen atoms in total. The van der Waals surface area contributed by atoms with E-state index in [9.17, 15) is 8.76 Å². The fourth-order valence-corrected chi connectivity index (χ4v) is 1.94. The van der Waals surface area contributed by atoms with Crippen LogP contribution in [0.1, 0.15) is 13.8 Å². The molecule has 0 saturated heterocycles. The van der Waals surface area contributed by atoms with Crippen LogP contribution >= 0.6 is 0 Å². The molecule has 1 N–H and O–H groups in total. The average Bonchev–Trinajstić information content (AvgIpc) is 2.15. The molecule has 1 rings (SSSR count). The van der Waals surface area contributed by atoms with E-state index in [1.54, 1.807) is 13.0 Å². The van der Waals surface area contributed by atoms with E-state index in [4.69, 9.17) is 0 Å². The first-order valence-corrected chi connectivity index (χ1v) is 6.60. The van der Waals surface area contributed by atoms with Gasteiger partial charge in [0.25, 0.3) is 0 Å². The Bertz CT molecular complexity index is 542. The summed E-state index contributed by atoms with van der Waals surface area (Å²) in [5, 5.41) is 1.68. The molecule has 1 unspecified atom stereocenters. The van der Waals surface area contributed by atoms with Crippen LogP contribution in [0.4, 0.5) is 0 Å². The van der Waals surface area contributed by atoms with Crippen molar-refractivity contribution in [3.05, 3.63) is 34.7 Å². The summed E-state index contributed by atoms with van der Waals surface area (Å²) in [6.07, 6.45) is 1.89. The lowest BCUT2D eigenvalue weighted by Gasteiger charge is -1.99. The molecule has 0 fully saturated rings. The van der Waals surface area contributed by atoms with E-state index in [0.717, 1.165) is 10.4 Å². The van der Waals surface area contributed by atoms with Crippen molar-refractivity contribution < 1.29 is 8.76 Å². The second-order valence-corrected chi connectivity index (χ2v) is 5.83. The lowest BCUT2D eigenvalue weighted by molar-refractivity contribution is 0.572. The molecule has 1 aromatic rings. The van der Waals surface area contributed by atoms with Gasteiger partial charge >= 0.3 is 0 Å². The van der Waals surface area contributed by atoms with Gasteiger partial charge in [0.1, 0.15) is 0 Å². The number of hydrogen-bond acceptors (Lipinski definition) is 2. The zero-order valence-electron chi connectivity index (χ0n) is 8.06. The minimum atomic E-state index is -3.26. The third-order valence-corrected chi connectivity index (χ3v) is 3.78. The lowest BCUT2D eigenvalue weighted by Crippen LogP contribution is -2.27. The highest BCUT2D eigenvalue weighted by Gasteiger charge is 2.03. The largest absolute Gasteiger partial charge is 0.302 e. The summed E-state index contributed by atoms with van der Waals surface area (Å²) in [6, 6.07) is 7.40. The van der Waals surface area contributed by atoms with Crippen LogP contribution in [0.3, 0.4) is 0 Å². The highest BCUT2D eigenvalue weighted by atomic mass is 32.8. The van der Waals surface area contributed by atoms with Crippen molar-refractivity contribution in [1.82, 2.24) is 0 Å². The van der Waals surface area contributed by atoms with E-state index in [-0.39, 0.29) is 0 Å². The van der Waals surface area contributed by atoms with Gasteiger partial charge in [0.15, 0.2) is 8.77 Å². The van der Waals surface area contributed by atoms with E-state index in [1.165, 1.54) is 0 Å². The van der Waals surface area contributed by atoms with Gasteiger partial charge in [-0.15, -0.1) is 0 Å². The Morgan fingerprint density at radius 2 is 2.07 bits per heavy atom. The predicted octanol–water partition coefficient (Wildman–Crippen LogP) is 0.834. The quantitative estimate of drug-likeness (QED) is 0.774. The van der Waals surface area contributed by atoms with E-state index >= 15 is 0 Å². The molecular weight excluding hydrogens is 216 g/mol. The Labute approximate surface area is 88.5 Å². The minimum absolute atomic E-state index is 0.348. The van der Waals surface area contributed by atoms with Gasteiger partial charge in [-0.3, -0.25) is 0 Å². The second kappa shape index (κ2) is 4.21. The van der Waals surface area contributed by atoms with Gasteiger partial charge in [0.2, 0.25) is 0 Å². The molecule has 0 spiro atoms. The highest BCUT2D eigenvalue weighted by Crippen LogP contribution is 2.00. The second-order valence-electron chi connectivity index (χ2n) is 2.91. The van der Waals surface area contributed by atoms with Crippen LogP contribution in [-0.4, -0.2) is 8.76 Å². The average molecular weight is 228 g/mol. The Morgan fingerprint density at radius 3 is 2.57 bits per heavy atom. The molecule has 14 heavy (non-hydrogen) atoms. The molecule has 0 aromatic heterocycles. The maximum absolute atomic E-state index is 11.3. The maximum Gasteiger partial charge on any atom is 0.167 e. The van der Waals surface area contributed by atoms with E-state index in [1.807, 2.05) is 31.2 Å². The molecule has 0 bridgehead atoms. The van der Waals surface area contributed by atoms with Crippen molar-refractivity contribution >= 4 is 30.9 Å². The Morgan fingerprint density at radius 1 is 1.50 bits per heavy atom. The molecule has 76 valence electrons. The van der Waals surface area contributed by atoms with E-state index in [2.05, 4.69) is 11.2 Å². The Kier molecular flexibility index (Phi) is 3.42. The first-order chi connectivity index (χ1) is 6.46. The van der Waals surface area contributed by atoms with Gasteiger partial charge in [0, 0.05) is 16.1 Å². The van der Waals surface area contributed by atoms with Crippen molar-refractivity contribution in [2.45, 2.75) is 13.8 Å². The van der Waals surface area contributed by atoms with Gasteiger partial charge in [-0.1, -0.05) is 30.3 Å². The molecule has 1 aromatic carbocycles. The predicted molar refractivity (Wildman–Crippen MR) is 63.0 cm³/mol. The van der Waals surface area contributed by atoms with Crippen LogP contribution in [0.15, 0.2) is 24.3 Å². The monoisotopic (exact) mass is 228 g/mol. The fraction of sp³-hybridized carbons (Fsp3) is 0.200. The lowest BCUT2D eigenvalue weighted by atomic mass is 10.2. The molecule has 0 aliphatic carbocycles. The smallest absolute Gasteiger partial charge is 0.167 e. The van der Waals surface area contributed by atoms with Gasteiger partial charge in [0.05, 0.1) is 0 Å². The molecular formula is C10H12O2S2. The van der Waals surface area contributed by atoms with Crippen LogP contribution in [0, 0.1) is 0 Å². The zero-order chi connectivity index (χ0) is 10.8. The molecule has 0 saturated carbocycles. The summed E-state index contributed by atoms with van der Waals surface area (Å²) in [5.74, 6) is 0. The SMILES string of the molecule is C/C=c1/cccc/c1=C(/C)S(=O)(O)=S.